The molecule has 1 N–H and O–H groups in total. The Morgan fingerprint density at radius 1 is 1.17 bits per heavy atom. The Labute approximate surface area is 193 Å². The third kappa shape index (κ3) is 7.08. The van der Waals surface area contributed by atoms with E-state index in [1.165, 1.54) is 25.7 Å². The van der Waals surface area contributed by atoms with Crippen LogP contribution in [0.15, 0.2) is 9.52 Å². The zero-order valence-corrected chi connectivity index (χ0v) is 20.9. The van der Waals surface area contributed by atoms with E-state index in [2.05, 4.69) is 44.1 Å². The standard InChI is InChI=1S/C21H38N6O.HI/c1-16(2)18-7-9-19(10-8-18)26-12-14-27(15-13-26)21(22-4)23-11-5-6-20-24-17(3)25-28-20;/h16,18-19H,5-15H2,1-4H3,(H,22,23);1H. The van der Waals surface area contributed by atoms with Gasteiger partial charge in [-0.25, -0.2) is 0 Å². The summed E-state index contributed by atoms with van der Waals surface area (Å²) in [6.45, 7) is 11.9. The van der Waals surface area contributed by atoms with Gasteiger partial charge in [-0.1, -0.05) is 19.0 Å². The van der Waals surface area contributed by atoms with E-state index in [1.54, 1.807) is 0 Å². The van der Waals surface area contributed by atoms with Crippen molar-refractivity contribution in [1.29, 1.82) is 0 Å². The fraction of sp³-hybridized carbons (Fsp3) is 0.857. The molecule has 1 saturated carbocycles. The van der Waals surface area contributed by atoms with Crippen molar-refractivity contribution in [2.45, 2.75) is 65.3 Å². The van der Waals surface area contributed by atoms with E-state index in [1.807, 2.05) is 14.0 Å². The summed E-state index contributed by atoms with van der Waals surface area (Å²) in [5.74, 6) is 4.22. The molecule has 7 nitrogen and oxygen atoms in total. The average Bonchev–Trinajstić information content (AvgIpc) is 3.13. The molecule has 3 rings (SSSR count). The van der Waals surface area contributed by atoms with Crippen LogP contribution in [0.5, 0.6) is 0 Å². The minimum atomic E-state index is 0. The Bertz CT molecular complexity index is 618. The Hall–Kier alpha value is -0.900. The summed E-state index contributed by atoms with van der Waals surface area (Å²) < 4.78 is 5.17. The van der Waals surface area contributed by atoms with Crippen LogP contribution in [0.2, 0.25) is 0 Å². The highest BCUT2D eigenvalue weighted by atomic mass is 127. The molecule has 8 heteroatoms. The molecule has 29 heavy (non-hydrogen) atoms. The molecule has 0 unspecified atom stereocenters. The quantitative estimate of drug-likeness (QED) is 0.270. The fourth-order valence-electron chi connectivity index (χ4n) is 4.65. The fourth-order valence-corrected chi connectivity index (χ4v) is 4.65. The van der Waals surface area contributed by atoms with E-state index in [0.29, 0.717) is 5.82 Å². The van der Waals surface area contributed by atoms with Gasteiger partial charge < -0.3 is 14.7 Å². The van der Waals surface area contributed by atoms with Gasteiger partial charge in [0.05, 0.1) is 0 Å². The normalized spacial score (nSPS) is 23.9. The van der Waals surface area contributed by atoms with Crippen LogP contribution in [0.25, 0.3) is 0 Å². The van der Waals surface area contributed by atoms with Crippen molar-refractivity contribution in [1.82, 2.24) is 25.3 Å². The molecule has 2 heterocycles. The molecule has 0 bridgehead atoms. The van der Waals surface area contributed by atoms with Gasteiger partial charge in [-0.15, -0.1) is 24.0 Å². The molecule has 1 aromatic rings. The second-order valence-electron chi connectivity index (χ2n) is 8.65. The van der Waals surface area contributed by atoms with Gasteiger partial charge in [0.1, 0.15) is 0 Å². The van der Waals surface area contributed by atoms with Gasteiger partial charge in [0, 0.05) is 52.2 Å². The SMILES string of the molecule is CN=C(NCCCc1nc(C)no1)N1CCN(C2CCC(C(C)C)CC2)CC1.I. The highest BCUT2D eigenvalue weighted by Gasteiger charge is 2.29. The first-order valence-corrected chi connectivity index (χ1v) is 11.1. The summed E-state index contributed by atoms with van der Waals surface area (Å²) in [6.07, 6.45) is 7.34. The Morgan fingerprint density at radius 2 is 1.86 bits per heavy atom. The highest BCUT2D eigenvalue weighted by molar-refractivity contribution is 14.0. The second kappa shape index (κ2) is 12.1. The van der Waals surface area contributed by atoms with Gasteiger partial charge in [-0.3, -0.25) is 9.89 Å². The topological polar surface area (TPSA) is 69.8 Å². The number of halogens is 1. The summed E-state index contributed by atoms with van der Waals surface area (Å²) in [4.78, 5) is 13.9. The molecule has 2 aliphatic rings. The molecule has 0 radical (unpaired) electrons. The van der Waals surface area contributed by atoms with Crippen LogP contribution in [0, 0.1) is 18.8 Å². The van der Waals surface area contributed by atoms with Crippen LogP contribution < -0.4 is 5.32 Å². The predicted molar refractivity (Wildman–Crippen MR) is 128 cm³/mol. The minimum Gasteiger partial charge on any atom is -0.356 e. The lowest BCUT2D eigenvalue weighted by atomic mass is 9.79. The largest absolute Gasteiger partial charge is 0.356 e. The maximum Gasteiger partial charge on any atom is 0.226 e. The third-order valence-corrected chi connectivity index (χ3v) is 6.45. The molecule has 1 aliphatic heterocycles. The average molecular weight is 518 g/mol. The number of nitrogens with zero attached hydrogens (tertiary/aromatic N) is 5. The number of hydrogen-bond acceptors (Lipinski definition) is 5. The number of piperazine rings is 1. The smallest absolute Gasteiger partial charge is 0.226 e. The van der Waals surface area contributed by atoms with Gasteiger partial charge in [0.15, 0.2) is 11.8 Å². The van der Waals surface area contributed by atoms with Crippen molar-refractivity contribution in [3.05, 3.63) is 11.7 Å². The maximum atomic E-state index is 5.17. The lowest BCUT2D eigenvalue weighted by molar-refractivity contribution is 0.0864. The van der Waals surface area contributed by atoms with Crippen LogP contribution in [0.1, 0.15) is 57.7 Å². The van der Waals surface area contributed by atoms with E-state index < -0.39 is 0 Å². The predicted octanol–water partition coefficient (Wildman–Crippen LogP) is 3.34. The first-order chi connectivity index (χ1) is 13.6. The molecular formula is C21H39IN6O. The Kier molecular flexibility index (Phi) is 10.1. The van der Waals surface area contributed by atoms with Gasteiger partial charge in [-0.05, 0) is 50.9 Å². The molecular weight excluding hydrogens is 479 g/mol. The first kappa shape index (κ1) is 24.4. The number of rotatable bonds is 6. The van der Waals surface area contributed by atoms with Gasteiger partial charge in [0.2, 0.25) is 5.89 Å². The number of guanidine groups is 1. The Balaban J connectivity index is 0.00000300. The third-order valence-electron chi connectivity index (χ3n) is 6.45. The number of aromatic nitrogens is 2. The van der Waals surface area contributed by atoms with Gasteiger partial charge in [-0.2, -0.15) is 4.98 Å². The number of aryl methyl sites for hydroxylation is 2. The number of hydrogen-bond donors (Lipinski definition) is 1. The van der Waals surface area contributed by atoms with E-state index in [-0.39, 0.29) is 24.0 Å². The summed E-state index contributed by atoms with van der Waals surface area (Å²) in [5, 5.41) is 7.33. The summed E-state index contributed by atoms with van der Waals surface area (Å²) in [5.41, 5.74) is 0. The summed E-state index contributed by atoms with van der Waals surface area (Å²) >= 11 is 0. The van der Waals surface area contributed by atoms with Crippen molar-refractivity contribution >= 4 is 29.9 Å². The molecule has 2 fully saturated rings. The van der Waals surface area contributed by atoms with Crippen LogP contribution in [0.3, 0.4) is 0 Å². The second-order valence-corrected chi connectivity index (χ2v) is 8.65. The zero-order valence-electron chi connectivity index (χ0n) is 18.6. The summed E-state index contributed by atoms with van der Waals surface area (Å²) in [6, 6.07) is 0.796. The van der Waals surface area contributed by atoms with E-state index in [9.17, 15) is 0 Å². The van der Waals surface area contributed by atoms with Crippen molar-refractivity contribution < 1.29 is 4.52 Å². The molecule has 1 aliphatic carbocycles. The lowest BCUT2D eigenvalue weighted by Crippen LogP contribution is -2.55. The molecule has 0 spiro atoms. The van der Waals surface area contributed by atoms with Crippen molar-refractivity contribution in [3.8, 4) is 0 Å². The molecule has 0 amide bonds. The van der Waals surface area contributed by atoms with E-state index in [0.717, 1.165) is 75.3 Å². The van der Waals surface area contributed by atoms with Gasteiger partial charge in [0.25, 0.3) is 0 Å². The molecule has 1 saturated heterocycles. The lowest BCUT2D eigenvalue weighted by Gasteiger charge is -2.43. The monoisotopic (exact) mass is 518 g/mol. The van der Waals surface area contributed by atoms with E-state index >= 15 is 0 Å². The van der Waals surface area contributed by atoms with Crippen LogP contribution in [0.4, 0.5) is 0 Å². The van der Waals surface area contributed by atoms with Crippen LogP contribution in [-0.2, 0) is 6.42 Å². The van der Waals surface area contributed by atoms with Crippen LogP contribution in [-0.4, -0.2) is 71.7 Å². The molecule has 166 valence electrons. The molecule has 0 atom stereocenters. The zero-order chi connectivity index (χ0) is 19.9. The van der Waals surface area contributed by atoms with Crippen LogP contribution >= 0.6 is 24.0 Å². The number of nitrogens with one attached hydrogen (secondary N) is 1. The van der Waals surface area contributed by atoms with Gasteiger partial charge >= 0.3 is 0 Å². The highest BCUT2D eigenvalue weighted by Crippen LogP contribution is 2.32. The van der Waals surface area contributed by atoms with E-state index in [4.69, 9.17) is 4.52 Å². The molecule has 0 aromatic carbocycles. The van der Waals surface area contributed by atoms with Crippen molar-refractivity contribution in [2.75, 3.05) is 39.8 Å². The summed E-state index contributed by atoms with van der Waals surface area (Å²) in [7, 11) is 1.88. The number of aliphatic imine (C=N–C) groups is 1. The first-order valence-electron chi connectivity index (χ1n) is 11.1. The Morgan fingerprint density at radius 3 is 2.41 bits per heavy atom. The maximum absolute atomic E-state index is 5.17. The minimum absolute atomic E-state index is 0. The van der Waals surface area contributed by atoms with Crippen molar-refractivity contribution in [3.63, 3.8) is 0 Å². The van der Waals surface area contributed by atoms with Crippen molar-refractivity contribution in [2.24, 2.45) is 16.8 Å². The molecule has 1 aromatic heterocycles.